The summed E-state index contributed by atoms with van der Waals surface area (Å²) in [5, 5.41) is 9.61. The number of fused-ring (bicyclic) bond motifs is 1. The van der Waals surface area contributed by atoms with Crippen LogP contribution in [-0.4, -0.2) is 45.6 Å². The number of pyridine rings is 1. The summed E-state index contributed by atoms with van der Waals surface area (Å²) in [6.07, 6.45) is 1.21. The van der Waals surface area contributed by atoms with E-state index in [0.717, 1.165) is 0 Å². The molecule has 176 valence electrons. The minimum atomic E-state index is -2.69. The molecule has 0 radical (unpaired) electrons. The molecule has 7 nitrogen and oxygen atoms in total. The zero-order valence-electron chi connectivity index (χ0n) is 20.1. The molecule has 9 heteroatoms. The molecule has 0 spiro atoms. The summed E-state index contributed by atoms with van der Waals surface area (Å²) in [6, 6.07) is 2.71. The van der Waals surface area contributed by atoms with Gasteiger partial charge in [-0.15, -0.1) is 0 Å². The lowest BCUT2D eigenvalue weighted by molar-refractivity contribution is -0.0562. The van der Waals surface area contributed by atoms with Crippen molar-refractivity contribution in [2.24, 2.45) is 0 Å². The van der Waals surface area contributed by atoms with Crippen LogP contribution >= 0.6 is 0 Å². The highest BCUT2D eigenvalue weighted by molar-refractivity contribution is 6.83. The van der Waals surface area contributed by atoms with Gasteiger partial charge in [0, 0.05) is 18.7 Å². The zero-order chi connectivity index (χ0) is 23.1. The average molecular weight is 470 g/mol. The van der Waals surface area contributed by atoms with Crippen LogP contribution in [0.2, 0.25) is 22.2 Å². The normalized spacial score (nSPS) is 28.2. The Hall–Kier alpha value is -0.976. The highest BCUT2D eigenvalue weighted by Gasteiger charge is 2.60. The second-order valence-electron chi connectivity index (χ2n) is 10.1. The van der Waals surface area contributed by atoms with E-state index in [0.29, 0.717) is 13.0 Å². The van der Waals surface area contributed by atoms with E-state index in [-0.39, 0.29) is 45.7 Å². The van der Waals surface area contributed by atoms with Crippen LogP contribution in [0.1, 0.15) is 68.0 Å². The van der Waals surface area contributed by atoms with Gasteiger partial charge in [-0.3, -0.25) is 9.36 Å². The first-order valence-electron chi connectivity index (χ1n) is 11.5. The predicted octanol–water partition coefficient (Wildman–Crippen LogP) is 4.80. The van der Waals surface area contributed by atoms with Crippen molar-refractivity contribution in [1.29, 1.82) is 0 Å². The Morgan fingerprint density at radius 1 is 0.968 bits per heavy atom. The van der Waals surface area contributed by atoms with Crippen molar-refractivity contribution in [3.63, 3.8) is 0 Å². The third kappa shape index (κ3) is 4.45. The van der Waals surface area contributed by atoms with Gasteiger partial charge in [-0.1, -0.05) is 55.4 Å². The number of ether oxygens (including phenoxy) is 1. The zero-order valence-corrected chi connectivity index (χ0v) is 22.1. The van der Waals surface area contributed by atoms with E-state index in [4.69, 9.17) is 17.7 Å². The second kappa shape index (κ2) is 9.11. The predicted molar refractivity (Wildman–Crippen MR) is 125 cm³/mol. The highest BCUT2D eigenvalue weighted by atomic mass is 28.5. The molecule has 0 unspecified atom stereocenters. The van der Waals surface area contributed by atoms with Gasteiger partial charge in [0.15, 0.2) is 0 Å². The van der Waals surface area contributed by atoms with E-state index in [9.17, 15) is 9.90 Å². The number of aromatic hydroxyl groups is 1. The summed E-state index contributed by atoms with van der Waals surface area (Å²) in [5.41, 5.74) is 0.743. The van der Waals surface area contributed by atoms with Crippen LogP contribution in [0.3, 0.4) is 0 Å². The van der Waals surface area contributed by atoms with Crippen molar-refractivity contribution in [1.82, 2.24) is 4.57 Å². The molecule has 3 heterocycles. The fourth-order valence-corrected chi connectivity index (χ4v) is 16.2. The molecule has 0 aromatic carbocycles. The van der Waals surface area contributed by atoms with Crippen LogP contribution < -0.4 is 5.56 Å². The van der Waals surface area contributed by atoms with Crippen molar-refractivity contribution >= 4 is 17.1 Å². The number of nitrogens with zero attached hydrogens (tertiary/aromatic N) is 1. The number of hydrogen-bond donors (Lipinski definition) is 1. The fraction of sp³-hybridized carbons (Fsp3) is 0.773. The van der Waals surface area contributed by atoms with Gasteiger partial charge in [-0.05, 0) is 28.2 Å². The molecular formula is C22H39NO6Si2. The van der Waals surface area contributed by atoms with Gasteiger partial charge >= 0.3 is 17.1 Å². The smallest absolute Gasteiger partial charge is 0.335 e. The molecule has 1 aromatic rings. The van der Waals surface area contributed by atoms with Crippen LogP contribution in [-0.2, 0) is 17.7 Å². The standard InChI is InChI=1S/C22H39NO6Si2/c1-14(2)30(15(3)4)26-13-20-19(28-31(29-30,16(5)6)17(7)8)12-22(27-20)23-10-9-18(24)11-21(23)25/h9-11,14-17,19-20,22,24H,12-13H2,1-8H3/t19-,20+,22+/m0/s1. The molecule has 0 amide bonds. The Balaban J connectivity index is 2.01. The van der Waals surface area contributed by atoms with E-state index < -0.39 is 23.3 Å². The Kier molecular flexibility index (Phi) is 7.25. The Morgan fingerprint density at radius 2 is 1.55 bits per heavy atom. The molecular weight excluding hydrogens is 430 g/mol. The maximum Gasteiger partial charge on any atom is 0.335 e. The van der Waals surface area contributed by atoms with Gasteiger partial charge < -0.3 is 22.8 Å². The molecule has 3 atom stereocenters. The van der Waals surface area contributed by atoms with E-state index in [2.05, 4.69) is 55.4 Å². The van der Waals surface area contributed by atoms with Crippen LogP contribution in [0, 0.1) is 0 Å². The number of aromatic nitrogens is 1. The molecule has 1 N–H and O–H groups in total. The first-order valence-corrected chi connectivity index (χ1v) is 15.5. The van der Waals surface area contributed by atoms with Crippen molar-refractivity contribution < 1.29 is 22.8 Å². The van der Waals surface area contributed by atoms with Gasteiger partial charge in [-0.2, -0.15) is 0 Å². The van der Waals surface area contributed by atoms with E-state index >= 15 is 0 Å². The SMILES string of the molecule is CC(C)[Si]1(C(C)C)OC[C@H]2O[C@@H](n3ccc(O)cc3=O)C[C@@H]2O[Si](C(C)C)(C(C)C)O1. The van der Waals surface area contributed by atoms with Gasteiger partial charge in [0.1, 0.15) is 18.1 Å². The topological polar surface area (TPSA) is 79.2 Å². The molecule has 0 bridgehead atoms. The van der Waals surface area contributed by atoms with Crippen LogP contribution in [0.4, 0.5) is 0 Å². The van der Waals surface area contributed by atoms with Crippen LogP contribution in [0.15, 0.2) is 23.1 Å². The lowest BCUT2D eigenvalue weighted by atomic mass is 10.2. The van der Waals surface area contributed by atoms with E-state index in [1.54, 1.807) is 6.20 Å². The molecule has 2 fully saturated rings. The van der Waals surface area contributed by atoms with Crippen molar-refractivity contribution in [3.05, 3.63) is 28.7 Å². The summed E-state index contributed by atoms with van der Waals surface area (Å²) in [4.78, 5) is 12.4. The van der Waals surface area contributed by atoms with Gasteiger partial charge in [0.25, 0.3) is 5.56 Å². The Labute approximate surface area is 188 Å². The lowest BCUT2D eigenvalue weighted by Gasteiger charge is -2.51. The van der Waals surface area contributed by atoms with Crippen LogP contribution in [0.5, 0.6) is 5.75 Å². The summed E-state index contributed by atoms with van der Waals surface area (Å²) in [6.45, 7) is 18.0. The van der Waals surface area contributed by atoms with Gasteiger partial charge in [0.2, 0.25) is 0 Å². The number of rotatable bonds is 5. The summed E-state index contributed by atoms with van der Waals surface area (Å²) < 4.78 is 28.7. The molecule has 1 aromatic heterocycles. The van der Waals surface area contributed by atoms with Gasteiger partial charge in [-0.25, -0.2) is 0 Å². The summed E-state index contributed by atoms with van der Waals surface area (Å²) >= 11 is 0. The maximum atomic E-state index is 12.4. The first kappa shape index (κ1) is 24.7. The number of hydrogen-bond acceptors (Lipinski definition) is 6. The quantitative estimate of drug-likeness (QED) is 0.624. The Bertz CT molecular complexity index is 808. The molecule has 0 aliphatic carbocycles. The van der Waals surface area contributed by atoms with Crippen molar-refractivity contribution in [2.75, 3.05) is 6.61 Å². The average Bonchev–Trinajstić information content (AvgIpc) is 3.02. The van der Waals surface area contributed by atoms with Crippen LogP contribution in [0.25, 0.3) is 0 Å². The monoisotopic (exact) mass is 469 g/mol. The molecule has 0 saturated carbocycles. The minimum absolute atomic E-state index is 0.0473. The highest BCUT2D eigenvalue weighted by Crippen LogP contribution is 2.48. The molecule has 3 rings (SSSR count). The molecule has 2 saturated heterocycles. The van der Waals surface area contributed by atoms with E-state index in [1.165, 1.54) is 16.7 Å². The molecule has 2 aliphatic rings. The Morgan fingerprint density at radius 3 is 2.06 bits per heavy atom. The van der Waals surface area contributed by atoms with Crippen molar-refractivity contribution in [3.8, 4) is 5.75 Å². The van der Waals surface area contributed by atoms with E-state index in [1.807, 2.05) is 0 Å². The third-order valence-corrected chi connectivity index (χ3v) is 17.0. The third-order valence-electron chi connectivity index (χ3n) is 6.77. The molecule has 2 aliphatic heterocycles. The largest absolute Gasteiger partial charge is 0.508 e. The van der Waals surface area contributed by atoms with Crippen molar-refractivity contribution in [2.45, 2.75) is 102 Å². The second-order valence-corrected chi connectivity index (χ2v) is 19.0. The molecule has 31 heavy (non-hydrogen) atoms. The summed E-state index contributed by atoms with van der Waals surface area (Å²) in [5.74, 6) is -0.0473. The summed E-state index contributed by atoms with van der Waals surface area (Å²) in [7, 11) is -5.30. The lowest BCUT2D eigenvalue weighted by Crippen LogP contribution is -2.65. The van der Waals surface area contributed by atoms with Gasteiger partial charge in [0.05, 0.1) is 12.7 Å². The maximum absolute atomic E-state index is 12.4. The minimum Gasteiger partial charge on any atom is -0.508 e. The fourth-order valence-electron chi connectivity index (χ4n) is 5.02. The first-order chi connectivity index (χ1) is 14.4.